The molecule has 1 heterocycles. The highest BCUT2D eigenvalue weighted by Crippen LogP contribution is 2.37. The summed E-state index contributed by atoms with van der Waals surface area (Å²) in [5.41, 5.74) is 0.868. The maximum Gasteiger partial charge on any atom is 0.320 e. The summed E-state index contributed by atoms with van der Waals surface area (Å²) in [6.07, 6.45) is 0. The Morgan fingerprint density at radius 1 is 1.50 bits per heavy atom. The molecule has 1 rings (SSSR count). The third-order valence-corrected chi connectivity index (χ3v) is 4.23. The minimum Gasteiger partial charge on any atom is -0.480 e. The number of carbonyl (C=O) groups is 1. The summed E-state index contributed by atoms with van der Waals surface area (Å²) in [5.74, 6) is -0.855. The number of likely N-dealkylation sites (N-methyl/N-ethyl adjacent to an activating group) is 1. The highest BCUT2D eigenvalue weighted by atomic mass is 35.5. The van der Waals surface area contributed by atoms with Crippen molar-refractivity contribution in [3.8, 4) is 0 Å². The fraction of sp³-hybridized carbons (Fsp3) is 0.500. The van der Waals surface area contributed by atoms with Crippen molar-refractivity contribution in [1.82, 2.24) is 4.90 Å². The van der Waals surface area contributed by atoms with E-state index in [0.29, 0.717) is 8.67 Å². The lowest BCUT2D eigenvalue weighted by atomic mass is 10.1. The van der Waals surface area contributed by atoms with E-state index >= 15 is 0 Å². The van der Waals surface area contributed by atoms with Crippen molar-refractivity contribution in [2.75, 3.05) is 7.05 Å². The van der Waals surface area contributed by atoms with Crippen LogP contribution in [0.1, 0.15) is 25.5 Å². The van der Waals surface area contributed by atoms with Crippen LogP contribution in [0.4, 0.5) is 0 Å². The average Bonchev–Trinajstić information content (AvgIpc) is 2.54. The average molecular weight is 282 g/mol. The van der Waals surface area contributed by atoms with E-state index in [9.17, 15) is 4.79 Å². The van der Waals surface area contributed by atoms with E-state index in [-0.39, 0.29) is 6.04 Å². The molecule has 0 saturated heterocycles. The molecule has 0 aliphatic rings. The Balaban J connectivity index is 2.89. The predicted octanol–water partition coefficient (Wildman–Crippen LogP) is 3.52. The number of carboxylic acids is 1. The van der Waals surface area contributed by atoms with Crippen molar-refractivity contribution in [2.24, 2.45) is 0 Å². The van der Waals surface area contributed by atoms with E-state index in [0.717, 1.165) is 5.56 Å². The lowest BCUT2D eigenvalue weighted by molar-refractivity contribution is -0.142. The maximum atomic E-state index is 10.9. The number of thiophene rings is 1. The Morgan fingerprint density at radius 3 is 2.44 bits per heavy atom. The third-order valence-electron chi connectivity index (χ3n) is 2.71. The van der Waals surface area contributed by atoms with Crippen LogP contribution in [0, 0.1) is 0 Å². The molecule has 1 aromatic heterocycles. The van der Waals surface area contributed by atoms with Crippen LogP contribution in [0.5, 0.6) is 0 Å². The summed E-state index contributed by atoms with van der Waals surface area (Å²) in [5, 5.41) is 8.92. The fourth-order valence-electron chi connectivity index (χ4n) is 1.37. The van der Waals surface area contributed by atoms with Crippen molar-refractivity contribution in [2.45, 2.75) is 25.9 Å². The number of carboxylic acid groups (broad SMARTS) is 1. The third kappa shape index (κ3) is 2.88. The molecule has 0 fully saturated rings. The molecule has 2 atom stereocenters. The van der Waals surface area contributed by atoms with Crippen LogP contribution >= 0.6 is 34.5 Å². The molecule has 0 aliphatic carbocycles. The highest BCUT2D eigenvalue weighted by molar-refractivity contribution is 7.20. The number of hydrogen-bond donors (Lipinski definition) is 1. The molecule has 0 radical (unpaired) electrons. The molecule has 0 amide bonds. The zero-order valence-electron chi connectivity index (χ0n) is 9.20. The molecule has 0 aliphatic heterocycles. The summed E-state index contributed by atoms with van der Waals surface area (Å²) >= 11 is 13.2. The Morgan fingerprint density at radius 2 is 2.06 bits per heavy atom. The van der Waals surface area contributed by atoms with Gasteiger partial charge in [-0.25, -0.2) is 0 Å². The zero-order valence-corrected chi connectivity index (χ0v) is 11.5. The smallest absolute Gasteiger partial charge is 0.320 e. The van der Waals surface area contributed by atoms with E-state index in [1.54, 1.807) is 24.9 Å². The van der Waals surface area contributed by atoms with Crippen LogP contribution in [0.2, 0.25) is 8.67 Å². The van der Waals surface area contributed by atoms with E-state index in [1.165, 1.54) is 11.3 Å². The van der Waals surface area contributed by atoms with Gasteiger partial charge in [0.2, 0.25) is 0 Å². The number of hydrogen-bond acceptors (Lipinski definition) is 3. The molecule has 0 aromatic carbocycles. The molecule has 0 spiro atoms. The standard InChI is InChI=1S/C10H13Cl2NO2S/c1-5(13(3)6(2)10(14)15)7-4-8(11)16-9(7)12/h4-6H,1-3H3,(H,14,15). The first-order valence-electron chi connectivity index (χ1n) is 4.74. The Hall–Kier alpha value is -0.290. The van der Waals surface area contributed by atoms with Crippen LogP contribution in [0.25, 0.3) is 0 Å². The van der Waals surface area contributed by atoms with Crippen LogP contribution in [-0.4, -0.2) is 29.1 Å². The van der Waals surface area contributed by atoms with Gasteiger partial charge in [-0.15, -0.1) is 11.3 Å². The Labute approximate surface area is 109 Å². The molecule has 6 heteroatoms. The second-order valence-electron chi connectivity index (χ2n) is 3.64. The van der Waals surface area contributed by atoms with E-state index in [2.05, 4.69) is 0 Å². The normalized spacial score (nSPS) is 15.1. The molecule has 3 nitrogen and oxygen atoms in total. The number of aliphatic carboxylic acids is 1. The van der Waals surface area contributed by atoms with Gasteiger partial charge >= 0.3 is 5.97 Å². The highest BCUT2D eigenvalue weighted by Gasteiger charge is 2.24. The molecule has 0 bridgehead atoms. The predicted molar refractivity (Wildman–Crippen MR) is 67.6 cm³/mol. The van der Waals surface area contributed by atoms with Crippen molar-refractivity contribution in [3.63, 3.8) is 0 Å². The Bertz CT molecular complexity index is 394. The first-order valence-corrected chi connectivity index (χ1v) is 6.31. The minimum absolute atomic E-state index is 0.0812. The van der Waals surface area contributed by atoms with Gasteiger partial charge in [-0.1, -0.05) is 23.2 Å². The van der Waals surface area contributed by atoms with Gasteiger partial charge in [0, 0.05) is 11.6 Å². The molecule has 90 valence electrons. The molecular formula is C10H13Cl2NO2S. The van der Waals surface area contributed by atoms with E-state index in [1.807, 2.05) is 6.92 Å². The van der Waals surface area contributed by atoms with Crippen LogP contribution in [0.3, 0.4) is 0 Å². The quantitative estimate of drug-likeness (QED) is 0.918. The second kappa shape index (κ2) is 5.36. The first-order chi connectivity index (χ1) is 7.34. The topological polar surface area (TPSA) is 40.5 Å². The summed E-state index contributed by atoms with van der Waals surface area (Å²) in [4.78, 5) is 12.6. The summed E-state index contributed by atoms with van der Waals surface area (Å²) < 4.78 is 1.23. The lowest BCUT2D eigenvalue weighted by Crippen LogP contribution is -2.37. The summed E-state index contributed by atoms with van der Waals surface area (Å²) in [6, 6.07) is 1.14. The molecular weight excluding hydrogens is 269 g/mol. The van der Waals surface area contributed by atoms with Crippen LogP contribution in [0.15, 0.2) is 6.07 Å². The van der Waals surface area contributed by atoms with Gasteiger partial charge in [0.1, 0.15) is 6.04 Å². The van der Waals surface area contributed by atoms with Crippen molar-refractivity contribution < 1.29 is 9.90 Å². The SMILES string of the molecule is CC(C(=O)O)N(C)C(C)c1cc(Cl)sc1Cl. The fourth-order valence-corrected chi connectivity index (χ4v) is 3.00. The second-order valence-corrected chi connectivity index (χ2v) is 5.92. The molecule has 16 heavy (non-hydrogen) atoms. The van der Waals surface area contributed by atoms with Crippen LogP contribution < -0.4 is 0 Å². The van der Waals surface area contributed by atoms with Gasteiger partial charge in [0.15, 0.2) is 0 Å². The van der Waals surface area contributed by atoms with Crippen LogP contribution in [-0.2, 0) is 4.79 Å². The minimum atomic E-state index is -0.855. The number of rotatable bonds is 4. The molecule has 1 aromatic rings. The van der Waals surface area contributed by atoms with Gasteiger partial charge in [0.25, 0.3) is 0 Å². The van der Waals surface area contributed by atoms with Crippen molar-refractivity contribution in [3.05, 3.63) is 20.3 Å². The molecule has 2 unspecified atom stereocenters. The van der Waals surface area contributed by atoms with Crippen molar-refractivity contribution >= 4 is 40.5 Å². The monoisotopic (exact) mass is 281 g/mol. The molecule has 1 N–H and O–H groups in total. The first kappa shape index (κ1) is 13.8. The number of halogens is 2. The molecule has 0 saturated carbocycles. The largest absolute Gasteiger partial charge is 0.480 e. The van der Waals surface area contributed by atoms with E-state index in [4.69, 9.17) is 28.3 Å². The van der Waals surface area contributed by atoms with Gasteiger partial charge in [0.05, 0.1) is 8.67 Å². The number of nitrogens with zero attached hydrogens (tertiary/aromatic N) is 1. The van der Waals surface area contributed by atoms with Gasteiger partial charge in [-0.3, -0.25) is 9.69 Å². The Kier molecular flexibility index (Phi) is 4.62. The van der Waals surface area contributed by atoms with Gasteiger partial charge in [-0.05, 0) is 27.0 Å². The van der Waals surface area contributed by atoms with Gasteiger partial charge in [-0.2, -0.15) is 0 Å². The van der Waals surface area contributed by atoms with E-state index < -0.39 is 12.0 Å². The zero-order chi connectivity index (χ0) is 12.5. The van der Waals surface area contributed by atoms with Gasteiger partial charge < -0.3 is 5.11 Å². The maximum absolute atomic E-state index is 10.9. The summed E-state index contributed by atoms with van der Waals surface area (Å²) in [7, 11) is 1.76. The van der Waals surface area contributed by atoms with Crippen molar-refractivity contribution in [1.29, 1.82) is 0 Å². The summed E-state index contributed by atoms with van der Waals surface area (Å²) in [6.45, 7) is 3.55. The lowest BCUT2D eigenvalue weighted by Gasteiger charge is -2.27.